The van der Waals surface area contributed by atoms with Crippen molar-refractivity contribution >= 4 is 5.91 Å². The molecule has 0 fully saturated rings. The Kier molecular flexibility index (Phi) is 5.31. The lowest BCUT2D eigenvalue weighted by Gasteiger charge is -2.20. The number of hydrogen-bond donors (Lipinski definition) is 1. The third kappa shape index (κ3) is 4.13. The summed E-state index contributed by atoms with van der Waals surface area (Å²) in [7, 11) is 5.51. The summed E-state index contributed by atoms with van der Waals surface area (Å²) in [4.78, 5) is 15.2. The molecule has 0 aliphatic heterocycles. The second-order valence-corrected chi connectivity index (χ2v) is 4.93. The predicted octanol–water partition coefficient (Wildman–Crippen LogP) is 0.974. The van der Waals surface area contributed by atoms with Crippen molar-refractivity contribution in [3.63, 3.8) is 0 Å². The lowest BCUT2D eigenvalue weighted by atomic mass is 10.0. The molecule has 0 unspecified atom stereocenters. The van der Waals surface area contributed by atoms with Gasteiger partial charge >= 0.3 is 0 Å². The van der Waals surface area contributed by atoms with Gasteiger partial charge in [-0.1, -0.05) is 18.2 Å². The number of carbonyl (C=O) groups excluding carboxylic acids is 1. The highest BCUT2D eigenvalue weighted by Crippen LogP contribution is 2.12. The molecule has 0 aliphatic carbocycles. The maximum absolute atomic E-state index is 11.6. The Labute approximate surface area is 109 Å². The molecule has 0 saturated carbocycles. The van der Waals surface area contributed by atoms with E-state index in [1.165, 1.54) is 11.1 Å². The minimum absolute atomic E-state index is 0.119. The smallest absolute Gasteiger partial charge is 0.236 e. The van der Waals surface area contributed by atoms with Crippen LogP contribution in [-0.4, -0.2) is 43.4 Å². The van der Waals surface area contributed by atoms with Crippen LogP contribution in [0.15, 0.2) is 18.2 Å². The summed E-state index contributed by atoms with van der Waals surface area (Å²) in [5.41, 5.74) is 9.21. The summed E-state index contributed by atoms with van der Waals surface area (Å²) in [5.74, 6) is 0.119. The third-order valence-electron chi connectivity index (χ3n) is 2.99. The van der Waals surface area contributed by atoms with Gasteiger partial charge < -0.3 is 10.6 Å². The summed E-state index contributed by atoms with van der Waals surface area (Å²) in [6.07, 6.45) is 0. The number of nitrogens with zero attached hydrogens (tertiary/aromatic N) is 2. The van der Waals surface area contributed by atoms with Gasteiger partial charge in [-0.05, 0) is 30.7 Å². The fraction of sp³-hybridized carbons (Fsp3) is 0.500. The SMILES string of the molecule is Cc1cc(CN)ccc1CN(C)CC(=O)N(C)C. The highest BCUT2D eigenvalue weighted by Gasteiger charge is 2.09. The fourth-order valence-corrected chi connectivity index (χ4v) is 1.78. The third-order valence-corrected chi connectivity index (χ3v) is 2.99. The van der Waals surface area contributed by atoms with Crippen LogP contribution < -0.4 is 5.73 Å². The number of nitrogens with two attached hydrogens (primary N) is 1. The van der Waals surface area contributed by atoms with Crippen molar-refractivity contribution in [1.82, 2.24) is 9.80 Å². The van der Waals surface area contributed by atoms with Crippen molar-refractivity contribution in [1.29, 1.82) is 0 Å². The van der Waals surface area contributed by atoms with Crippen molar-refractivity contribution < 1.29 is 4.79 Å². The predicted molar refractivity (Wildman–Crippen MR) is 74.1 cm³/mol. The Morgan fingerprint density at radius 2 is 1.94 bits per heavy atom. The highest BCUT2D eigenvalue weighted by atomic mass is 16.2. The lowest BCUT2D eigenvalue weighted by molar-refractivity contribution is -0.129. The van der Waals surface area contributed by atoms with E-state index >= 15 is 0 Å². The second-order valence-electron chi connectivity index (χ2n) is 4.93. The number of hydrogen-bond acceptors (Lipinski definition) is 3. The van der Waals surface area contributed by atoms with Gasteiger partial charge in [-0.3, -0.25) is 9.69 Å². The van der Waals surface area contributed by atoms with Crippen LogP contribution in [0, 0.1) is 6.92 Å². The molecule has 0 bridgehead atoms. The monoisotopic (exact) mass is 249 g/mol. The topological polar surface area (TPSA) is 49.6 Å². The minimum Gasteiger partial charge on any atom is -0.348 e. The standard InChI is InChI=1S/C14H23N3O/c1-11-7-12(8-15)5-6-13(11)9-17(4)10-14(18)16(2)3/h5-7H,8-10,15H2,1-4H3. The summed E-state index contributed by atoms with van der Waals surface area (Å²) in [5, 5.41) is 0. The Balaban J connectivity index is 2.64. The van der Waals surface area contributed by atoms with Gasteiger partial charge in [-0.2, -0.15) is 0 Å². The first-order chi connectivity index (χ1) is 8.43. The molecular weight excluding hydrogens is 226 g/mol. The number of carbonyl (C=O) groups is 1. The minimum atomic E-state index is 0.119. The molecule has 1 aromatic carbocycles. The molecule has 0 spiro atoms. The van der Waals surface area contributed by atoms with E-state index in [1.54, 1.807) is 19.0 Å². The Bertz CT molecular complexity index is 416. The van der Waals surface area contributed by atoms with Gasteiger partial charge in [0.15, 0.2) is 0 Å². The molecule has 18 heavy (non-hydrogen) atoms. The van der Waals surface area contributed by atoms with E-state index in [1.807, 2.05) is 18.0 Å². The van der Waals surface area contributed by atoms with Gasteiger partial charge in [0, 0.05) is 27.2 Å². The van der Waals surface area contributed by atoms with Crippen LogP contribution >= 0.6 is 0 Å². The van der Waals surface area contributed by atoms with E-state index in [2.05, 4.69) is 19.1 Å². The van der Waals surface area contributed by atoms with E-state index in [9.17, 15) is 4.79 Å². The van der Waals surface area contributed by atoms with Crippen molar-refractivity contribution in [2.24, 2.45) is 5.73 Å². The van der Waals surface area contributed by atoms with Gasteiger partial charge in [0.05, 0.1) is 6.54 Å². The quantitative estimate of drug-likeness (QED) is 0.846. The fourth-order valence-electron chi connectivity index (χ4n) is 1.78. The number of rotatable bonds is 5. The molecule has 4 nitrogen and oxygen atoms in total. The van der Waals surface area contributed by atoms with E-state index < -0.39 is 0 Å². The average Bonchev–Trinajstić information content (AvgIpc) is 2.31. The second kappa shape index (κ2) is 6.52. The first-order valence-electron chi connectivity index (χ1n) is 6.11. The number of amides is 1. The molecule has 0 aromatic heterocycles. The van der Waals surface area contributed by atoms with Crippen molar-refractivity contribution in [3.05, 3.63) is 34.9 Å². The summed E-state index contributed by atoms with van der Waals surface area (Å²) >= 11 is 0. The number of benzene rings is 1. The molecular formula is C14H23N3O. The molecule has 100 valence electrons. The first-order valence-corrected chi connectivity index (χ1v) is 6.11. The number of likely N-dealkylation sites (N-methyl/N-ethyl adjacent to an activating group) is 2. The van der Waals surface area contributed by atoms with Crippen LogP contribution in [0.1, 0.15) is 16.7 Å². The van der Waals surface area contributed by atoms with Gasteiger partial charge in [0.2, 0.25) is 5.91 Å². The maximum atomic E-state index is 11.6. The molecule has 1 rings (SSSR count). The molecule has 1 amide bonds. The van der Waals surface area contributed by atoms with E-state index in [0.717, 1.165) is 12.1 Å². The molecule has 0 atom stereocenters. The largest absolute Gasteiger partial charge is 0.348 e. The van der Waals surface area contributed by atoms with Crippen LogP contribution in [0.5, 0.6) is 0 Å². The Morgan fingerprint density at radius 3 is 2.44 bits per heavy atom. The zero-order valence-electron chi connectivity index (χ0n) is 11.7. The van der Waals surface area contributed by atoms with Crippen LogP contribution in [-0.2, 0) is 17.9 Å². The first kappa shape index (κ1) is 14.7. The van der Waals surface area contributed by atoms with Gasteiger partial charge in [0.1, 0.15) is 0 Å². The zero-order valence-corrected chi connectivity index (χ0v) is 11.7. The highest BCUT2D eigenvalue weighted by molar-refractivity contribution is 5.77. The molecule has 0 radical (unpaired) electrons. The Hall–Kier alpha value is -1.39. The van der Waals surface area contributed by atoms with Gasteiger partial charge in [-0.25, -0.2) is 0 Å². The van der Waals surface area contributed by atoms with Crippen LogP contribution in [0.2, 0.25) is 0 Å². The molecule has 0 heterocycles. The lowest BCUT2D eigenvalue weighted by Crippen LogP contribution is -2.34. The Morgan fingerprint density at radius 1 is 1.28 bits per heavy atom. The zero-order chi connectivity index (χ0) is 13.7. The average molecular weight is 249 g/mol. The summed E-state index contributed by atoms with van der Waals surface area (Å²) < 4.78 is 0. The molecule has 0 saturated heterocycles. The number of aryl methyl sites for hydroxylation is 1. The van der Waals surface area contributed by atoms with Crippen molar-refractivity contribution in [2.75, 3.05) is 27.7 Å². The summed E-state index contributed by atoms with van der Waals surface area (Å²) in [6.45, 7) is 3.85. The molecule has 4 heteroatoms. The molecule has 1 aromatic rings. The van der Waals surface area contributed by atoms with Gasteiger partial charge in [0.25, 0.3) is 0 Å². The van der Waals surface area contributed by atoms with Gasteiger partial charge in [-0.15, -0.1) is 0 Å². The van der Waals surface area contributed by atoms with E-state index in [-0.39, 0.29) is 5.91 Å². The normalized spacial score (nSPS) is 10.8. The molecule has 0 aliphatic rings. The van der Waals surface area contributed by atoms with E-state index in [0.29, 0.717) is 13.1 Å². The van der Waals surface area contributed by atoms with E-state index in [4.69, 9.17) is 5.73 Å². The maximum Gasteiger partial charge on any atom is 0.236 e. The van der Waals surface area contributed by atoms with Crippen LogP contribution in [0.25, 0.3) is 0 Å². The van der Waals surface area contributed by atoms with Crippen molar-refractivity contribution in [2.45, 2.75) is 20.0 Å². The molecule has 2 N–H and O–H groups in total. The van der Waals surface area contributed by atoms with Crippen LogP contribution in [0.4, 0.5) is 0 Å². The summed E-state index contributed by atoms with van der Waals surface area (Å²) in [6, 6.07) is 6.25. The van der Waals surface area contributed by atoms with Crippen LogP contribution in [0.3, 0.4) is 0 Å². The van der Waals surface area contributed by atoms with Crippen molar-refractivity contribution in [3.8, 4) is 0 Å².